The van der Waals surface area contributed by atoms with Crippen molar-refractivity contribution >= 4 is 11.0 Å². The number of aryl methyl sites for hydroxylation is 2. The zero-order chi connectivity index (χ0) is 18.6. The van der Waals surface area contributed by atoms with Gasteiger partial charge in [0.1, 0.15) is 5.65 Å². The van der Waals surface area contributed by atoms with Crippen LogP contribution in [-0.2, 0) is 13.1 Å². The lowest BCUT2D eigenvalue weighted by atomic mass is 10.0. The first-order chi connectivity index (χ1) is 13.3. The summed E-state index contributed by atoms with van der Waals surface area (Å²) in [5.41, 5.74) is 5.01. The summed E-state index contributed by atoms with van der Waals surface area (Å²) in [4.78, 5) is 7.74. The van der Waals surface area contributed by atoms with E-state index in [1.54, 1.807) is 6.20 Å². The minimum atomic E-state index is 0.155. The van der Waals surface area contributed by atoms with Crippen molar-refractivity contribution < 1.29 is 10.2 Å². The van der Waals surface area contributed by atoms with Crippen molar-refractivity contribution in [2.75, 3.05) is 13.2 Å². The van der Waals surface area contributed by atoms with Gasteiger partial charge in [-0.3, -0.25) is 4.68 Å². The van der Waals surface area contributed by atoms with Crippen LogP contribution in [0.25, 0.3) is 33.4 Å². The van der Waals surface area contributed by atoms with Crippen LogP contribution in [-0.4, -0.2) is 47.7 Å². The zero-order valence-corrected chi connectivity index (χ0v) is 15.0. The van der Waals surface area contributed by atoms with Gasteiger partial charge in [0, 0.05) is 79.4 Å². The quantitative estimate of drug-likeness (QED) is 0.448. The topological polar surface area (TPSA) is 91.9 Å². The summed E-state index contributed by atoms with van der Waals surface area (Å²) in [5, 5.41) is 23.9. The molecule has 4 heterocycles. The second-order valence-corrected chi connectivity index (χ2v) is 6.51. The van der Waals surface area contributed by atoms with E-state index in [-0.39, 0.29) is 13.2 Å². The Morgan fingerprint density at radius 3 is 2.63 bits per heavy atom. The normalized spacial score (nSPS) is 11.5. The molecule has 0 aliphatic heterocycles. The summed E-state index contributed by atoms with van der Waals surface area (Å²) >= 11 is 0. The fraction of sp³-hybridized carbons (Fsp3) is 0.300. The average molecular weight is 365 g/mol. The summed E-state index contributed by atoms with van der Waals surface area (Å²) < 4.78 is 3.95. The number of pyridine rings is 1. The Kier molecular flexibility index (Phi) is 5.04. The first-order valence-corrected chi connectivity index (χ1v) is 9.18. The maximum atomic E-state index is 9.18. The van der Waals surface area contributed by atoms with Crippen LogP contribution in [0.3, 0.4) is 0 Å². The third kappa shape index (κ3) is 3.39. The van der Waals surface area contributed by atoms with Crippen LogP contribution in [0.5, 0.6) is 0 Å². The van der Waals surface area contributed by atoms with Gasteiger partial charge >= 0.3 is 0 Å². The standard InChI is InChI=1S/C20H23N5O2/c26-10-2-7-24-14-18(15-4-1-6-22-20(15)24)16-12-21-13-17(16)19-5-9-25(23-19)8-3-11-27/h1,4-6,9,12-14,21,26-27H,2-3,7-8,10-11H2. The molecule has 27 heavy (non-hydrogen) atoms. The molecule has 3 N–H and O–H groups in total. The van der Waals surface area contributed by atoms with Crippen molar-refractivity contribution in [2.45, 2.75) is 25.9 Å². The van der Waals surface area contributed by atoms with E-state index in [2.05, 4.69) is 31.9 Å². The fourth-order valence-electron chi connectivity index (χ4n) is 3.41. The number of hydrogen-bond donors (Lipinski definition) is 3. The predicted molar refractivity (Wildman–Crippen MR) is 104 cm³/mol. The van der Waals surface area contributed by atoms with Crippen LogP contribution in [0.4, 0.5) is 0 Å². The molecule has 0 unspecified atom stereocenters. The van der Waals surface area contributed by atoms with Crippen molar-refractivity contribution in [3.63, 3.8) is 0 Å². The van der Waals surface area contributed by atoms with Crippen LogP contribution in [0, 0.1) is 0 Å². The number of aromatic amines is 1. The molecule has 4 rings (SSSR count). The predicted octanol–water partition coefficient (Wildman–Crippen LogP) is 2.66. The van der Waals surface area contributed by atoms with Gasteiger partial charge in [-0.25, -0.2) is 4.98 Å². The van der Waals surface area contributed by atoms with Crippen molar-refractivity contribution in [1.82, 2.24) is 24.3 Å². The van der Waals surface area contributed by atoms with E-state index in [0.717, 1.165) is 40.0 Å². The molecular weight excluding hydrogens is 342 g/mol. The lowest BCUT2D eigenvalue weighted by molar-refractivity contribution is 0.277. The van der Waals surface area contributed by atoms with Crippen LogP contribution in [0.1, 0.15) is 12.8 Å². The molecule has 4 aromatic rings. The first-order valence-electron chi connectivity index (χ1n) is 9.18. The molecule has 140 valence electrons. The van der Waals surface area contributed by atoms with E-state index >= 15 is 0 Å². The minimum Gasteiger partial charge on any atom is -0.396 e. The Hall–Kier alpha value is -2.90. The third-order valence-corrected chi connectivity index (χ3v) is 4.69. The molecule has 0 saturated carbocycles. The van der Waals surface area contributed by atoms with Crippen LogP contribution >= 0.6 is 0 Å². The van der Waals surface area contributed by atoms with E-state index in [9.17, 15) is 5.11 Å². The number of hydrogen-bond acceptors (Lipinski definition) is 4. The Bertz CT molecular complexity index is 1030. The SMILES string of the molecule is OCCCn1ccc(-c2c[nH]cc2-c2cn(CCCO)c3ncccc23)n1. The summed E-state index contributed by atoms with van der Waals surface area (Å²) in [7, 11) is 0. The van der Waals surface area contributed by atoms with Gasteiger partial charge in [-0.2, -0.15) is 5.10 Å². The van der Waals surface area contributed by atoms with Gasteiger partial charge in [-0.15, -0.1) is 0 Å². The van der Waals surface area contributed by atoms with E-state index < -0.39 is 0 Å². The monoisotopic (exact) mass is 365 g/mol. The minimum absolute atomic E-state index is 0.155. The number of fused-ring (bicyclic) bond motifs is 1. The van der Waals surface area contributed by atoms with E-state index in [4.69, 9.17) is 5.11 Å². The molecule has 0 atom stereocenters. The average Bonchev–Trinajstić information content (AvgIpc) is 3.42. The van der Waals surface area contributed by atoms with Crippen LogP contribution in [0.15, 0.2) is 49.2 Å². The number of nitrogens with one attached hydrogen (secondary N) is 1. The number of aliphatic hydroxyl groups is 2. The number of nitrogens with zero attached hydrogens (tertiary/aromatic N) is 4. The number of H-pyrrole nitrogens is 1. The highest BCUT2D eigenvalue weighted by Crippen LogP contribution is 2.36. The molecule has 0 bridgehead atoms. The lowest BCUT2D eigenvalue weighted by Crippen LogP contribution is -2.00. The summed E-state index contributed by atoms with van der Waals surface area (Å²) in [6.45, 7) is 1.73. The van der Waals surface area contributed by atoms with Gasteiger partial charge in [-0.1, -0.05) is 0 Å². The largest absolute Gasteiger partial charge is 0.396 e. The van der Waals surface area contributed by atoms with Gasteiger partial charge in [0.15, 0.2) is 0 Å². The Labute approximate surface area is 156 Å². The van der Waals surface area contributed by atoms with Crippen molar-refractivity contribution in [3.05, 3.63) is 49.2 Å². The molecule has 0 radical (unpaired) electrons. The highest BCUT2D eigenvalue weighted by Gasteiger charge is 2.17. The molecular formula is C20H23N5O2. The maximum Gasteiger partial charge on any atom is 0.140 e. The molecule has 0 aromatic carbocycles. The highest BCUT2D eigenvalue weighted by molar-refractivity contribution is 5.98. The molecule has 4 aromatic heterocycles. The van der Waals surface area contributed by atoms with Gasteiger partial charge in [0.25, 0.3) is 0 Å². The Morgan fingerprint density at radius 2 is 1.78 bits per heavy atom. The van der Waals surface area contributed by atoms with Crippen molar-refractivity contribution in [2.24, 2.45) is 0 Å². The molecule has 0 spiro atoms. The number of aliphatic hydroxyl groups excluding tert-OH is 2. The first kappa shape index (κ1) is 17.5. The second kappa shape index (κ2) is 7.77. The zero-order valence-electron chi connectivity index (χ0n) is 15.0. The molecule has 0 amide bonds. The van der Waals surface area contributed by atoms with Crippen LogP contribution in [0.2, 0.25) is 0 Å². The number of rotatable bonds is 8. The van der Waals surface area contributed by atoms with Gasteiger partial charge in [0.2, 0.25) is 0 Å². The van der Waals surface area contributed by atoms with Crippen molar-refractivity contribution in [1.29, 1.82) is 0 Å². The van der Waals surface area contributed by atoms with Gasteiger partial charge in [0.05, 0.1) is 5.69 Å². The number of aromatic nitrogens is 5. The van der Waals surface area contributed by atoms with Crippen LogP contribution < -0.4 is 0 Å². The molecule has 7 nitrogen and oxygen atoms in total. The third-order valence-electron chi connectivity index (χ3n) is 4.69. The fourth-order valence-corrected chi connectivity index (χ4v) is 3.41. The van der Waals surface area contributed by atoms with Gasteiger partial charge in [-0.05, 0) is 31.0 Å². The van der Waals surface area contributed by atoms with Gasteiger partial charge < -0.3 is 19.8 Å². The lowest BCUT2D eigenvalue weighted by Gasteiger charge is -2.02. The summed E-state index contributed by atoms with van der Waals surface area (Å²) in [6.07, 6.45) is 11.2. The second-order valence-electron chi connectivity index (χ2n) is 6.51. The molecule has 0 aliphatic rings. The molecule has 0 aliphatic carbocycles. The summed E-state index contributed by atoms with van der Waals surface area (Å²) in [5.74, 6) is 0. The molecule has 7 heteroatoms. The maximum absolute atomic E-state index is 9.18. The van der Waals surface area contributed by atoms with E-state index in [1.807, 2.05) is 35.4 Å². The molecule has 0 saturated heterocycles. The smallest absolute Gasteiger partial charge is 0.140 e. The molecule has 0 fully saturated rings. The Balaban J connectivity index is 1.75. The summed E-state index contributed by atoms with van der Waals surface area (Å²) in [6, 6.07) is 6.01. The highest BCUT2D eigenvalue weighted by atomic mass is 16.3. The van der Waals surface area contributed by atoms with E-state index in [1.165, 1.54) is 0 Å². The van der Waals surface area contributed by atoms with E-state index in [0.29, 0.717) is 19.4 Å². The Morgan fingerprint density at radius 1 is 0.963 bits per heavy atom. The van der Waals surface area contributed by atoms with Crippen molar-refractivity contribution in [3.8, 4) is 22.4 Å².